The van der Waals surface area contributed by atoms with E-state index in [2.05, 4.69) is 14.7 Å². The minimum atomic E-state index is -2.95. The van der Waals surface area contributed by atoms with Gasteiger partial charge in [-0.2, -0.15) is 27.4 Å². The molecule has 0 bridgehead atoms. The Bertz CT molecular complexity index is 2000. The number of benzene rings is 3. The zero-order valence-electron chi connectivity index (χ0n) is 25.8. The van der Waals surface area contributed by atoms with Gasteiger partial charge < -0.3 is 26.9 Å². The summed E-state index contributed by atoms with van der Waals surface area (Å²) >= 11 is 2.89. The van der Waals surface area contributed by atoms with Crippen molar-refractivity contribution in [3.8, 4) is 12.1 Å². The Morgan fingerprint density at radius 2 is 1.24 bits per heavy atom. The van der Waals surface area contributed by atoms with Crippen LogP contribution in [-0.4, -0.2) is 82.0 Å². The van der Waals surface area contributed by atoms with Crippen LogP contribution >= 0.6 is 0 Å². The first-order valence-corrected chi connectivity index (χ1v) is 23.5. The monoisotopic (exact) mass is 768 g/mol. The van der Waals surface area contributed by atoms with Gasteiger partial charge >= 0.3 is 62.1 Å². The molecular formula is C25H20F6N8Na2O7S2. The number of aromatic nitrogens is 2. The fourth-order valence-corrected chi connectivity index (χ4v) is 2.46. The Hall–Kier alpha value is -4.33. The number of hydrogen-bond donors (Lipinski definition) is 4. The summed E-state index contributed by atoms with van der Waals surface area (Å²) in [6.07, 6.45) is 2.55. The molecule has 0 atom stereocenters. The van der Waals surface area contributed by atoms with E-state index in [1.807, 2.05) is 0 Å². The van der Waals surface area contributed by atoms with Crippen LogP contribution in [0.4, 0.5) is 49.1 Å². The fourth-order valence-electron chi connectivity index (χ4n) is 2.46. The van der Waals surface area contributed by atoms with Crippen LogP contribution in [0.25, 0.3) is 11.0 Å². The van der Waals surface area contributed by atoms with Crippen molar-refractivity contribution in [2.45, 2.75) is 6.92 Å². The molecule has 0 aliphatic rings. The van der Waals surface area contributed by atoms with Crippen LogP contribution in [-0.2, 0) is 23.3 Å². The predicted molar refractivity (Wildman–Crippen MR) is 169 cm³/mol. The quantitative estimate of drug-likeness (QED) is 0.0444. The van der Waals surface area contributed by atoms with Crippen LogP contribution < -0.4 is 17.2 Å². The number of anilines is 3. The van der Waals surface area contributed by atoms with Crippen LogP contribution in [0.15, 0.2) is 54.6 Å². The molecular weight excluding hydrogens is 748 g/mol. The molecule has 4 aromatic rings. The SMILES string of the molecule is CCOC=C(C#N)C#N.Fc1cc2nc[nH]c2cc1F.Nc1cc(F)c(F)cc1N.Nc1cc(F)c(F)cc1[N+](=O)[O-].O=S(=O)=S(=O)=O.[Na][Na]. The Balaban J connectivity index is 0. The van der Waals surface area contributed by atoms with Gasteiger partial charge in [-0.05, 0) is 6.92 Å². The summed E-state index contributed by atoms with van der Waals surface area (Å²) < 4.78 is 115. The number of nitro groups is 1. The molecule has 258 valence electrons. The third-order valence-electron chi connectivity index (χ3n) is 4.57. The van der Waals surface area contributed by atoms with Crippen molar-refractivity contribution in [2.24, 2.45) is 0 Å². The summed E-state index contributed by atoms with van der Waals surface area (Å²) in [5.41, 5.74) is 15.4. The predicted octanol–water partition coefficient (Wildman–Crippen LogP) is 3.28. The fraction of sp³-hybridized carbons (Fsp3) is 0.0800. The average molecular weight is 769 g/mol. The van der Waals surface area contributed by atoms with E-state index in [1.165, 1.54) is 49.9 Å². The van der Waals surface area contributed by atoms with Crippen molar-refractivity contribution in [3.63, 3.8) is 0 Å². The Labute approximate surface area is 309 Å². The average Bonchev–Trinajstić information content (AvgIpc) is 3.51. The summed E-state index contributed by atoms with van der Waals surface area (Å²) in [6, 6.07) is 8.19. The van der Waals surface area contributed by atoms with Gasteiger partial charge in [-0.15, -0.1) is 0 Å². The van der Waals surface area contributed by atoms with E-state index in [0.29, 0.717) is 29.8 Å². The maximum atomic E-state index is 12.5. The van der Waals surface area contributed by atoms with Crippen LogP contribution in [0, 0.1) is 67.7 Å². The Morgan fingerprint density at radius 1 is 0.840 bits per heavy atom. The first-order valence-electron chi connectivity index (χ1n) is 12.9. The van der Waals surface area contributed by atoms with Crippen molar-refractivity contribution in [1.29, 1.82) is 10.5 Å². The van der Waals surface area contributed by atoms with Gasteiger partial charge in [0.25, 0.3) is 5.69 Å². The number of H-pyrrole nitrogens is 1. The summed E-state index contributed by atoms with van der Waals surface area (Å²) in [7, 11) is -5.90. The van der Waals surface area contributed by atoms with Crippen molar-refractivity contribution < 1.29 is 52.8 Å². The van der Waals surface area contributed by atoms with E-state index >= 15 is 0 Å². The van der Waals surface area contributed by atoms with Crippen LogP contribution in [0.3, 0.4) is 0 Å². The summed E-state index contributed by atoms with van der Waals surface area (Å²) in [5.74, 6) is -6.17. The molecule has 0 spiro atoms. The van der Waals surface area contributed by atoms with E-state index in [0.717, 1.165) is 30.5 Å². The molecule has 0 aliphatic heterocycles. The molecule has 50 heavy (non-hydrogen) atoms. The van der Waals surface area contributed by atoms with Crippen LogP contribution in [0.5, 0.6) is 0 Å². The van der Waals surface area contributed by atoms with E-state index in [4.69, 9.17) is 44.6 Å². The number of nitrogens with zero attached hydrogens (tertiary/aromatic N) is 4. The number of nitrogens with one attached hydrogen (secondary N) is 1. The van der Waals surface area contributed by atoms with Gasteiger partial charge in [-0.1, -0.05) is 0 Å². The third-order valence-corrected chi connectivity index (χ3v) is 5.46. The van der Waals surface area contributed by atoms with E-state index in [9.17, 15) is 36.5 Å². The molecule has 0 fully saturated rings. The Morgan fingerprint density at radius 3 is 1.64 bits per heavy atom. The van der Waals surface area contributed by atoms with Crippen LogP contribution in [0.1, 0.15) is 6.92 Å². The minimum absolute atomic E-state index is 0.00292. The molecule has 7 N–H and O–H groups in total. The molecule has 15 nitrogen and oxygen atoms in total. The van der Waals surface area contributed by atoms with Gasteiger partial charge in [0.1, 0.15) is 24.1 Å². The number of nitrogen functional groups attached to an aromatic ring is 3. The molecule has 0 unspecified atom stereocenters. The summed E-state index contributed by atoms with van der Waals surface area (Å²) in [4.78, 5) is 15.7. The molecule has 3 aromatic carbocycles. The molecule has 1 heterocycles. The normalized spacial score (nSPS) is 8.90. The van der Waals surface area contributed by atoms with Gasteiger partial charge in [0.2, 0.25) is 0 Å². The molecule has 0 amide bonds. The second-order valence-corrected chi connectivity index (χ2v) is 10.2. The van der Waals surface area contributed by atoms with Crippen molar-refractivity contribution in [3.05, 3.63) is 99.6 Å². The molecule has 1 aromatic heterocycles. The van der Waals surface area contributed by atoms with Crippen LogP contribution in [0.2, 0.25) is 0 Å². The Kier molecular flexibility index (Phi) is 24.5. The number of nitro benzene ring substituents is 1. The zero-order chi connectivity index (χ0) is 39.1. The second kappa shape index (κ2) is 25.6. The van der Waals surface area contributed by atoms with Gasteiger partial charge in [-0.3, -0.25) is 10.1 Å². The molecule has 4 rings (SSSR count). The number of allylic oxidation sites excluding steroid dienone is 1. The van der Waals surface area contributed by atoms with Gasteiger partial charge in [0.15, 0.2) is 40.5 Å². The summed E-state index contributed by atoms with van der Waals surface area (Å²) in [6.45, 7) is 2.26. The van der Waals surface area contributed by atoms with E-state index in [1.54, 1.807) is 19.1 Å². The number of nitrogens with two attached hydrogens (primary N) is 3. The molecule has 0 saturated carbocycles. The number of imidazole rings is 1. The van der Waals surface area contributed by atoms with Gasteiger partial charge in [0, 0.05) is 30.3 Å². The van der Waals surface area contributed by atoms with E-state index < -0.39 is 64.0 Å². The zero-order valence-corrected chi connectivity index (χ0v) is 31.4. The number of halogens is 6. The number of rotatable bonds is 3. The first kappa shape index (κ1) is 47.8. The standard InChI is InChI=1S/C7H4F2N2.C6H4F2N2O2.C6H6F2N2.C6H6N2O.2Na.O4S2/c8-4-1-6-7(2-5(4)9)11-3-10-6;7-3-1-5(9)6(10(11)12)2-4(3)8;7-3-1-5(9)6(10)2-4(3)8;1-2-9-5-6(3-7)4-8;;;1-5(2)6(3)4/h1-3H,(H,10,11);1-2H,9H2;1-2H,9-10H2;5H,2H2,1H3;;;. The second-order valence-electron chi connectivity index (χ2n) is 7.78. The van der Waals surface area contributed by atoms with Gasteiger partial charge in [-0.25, -0.2) is 31.3 Å². The molecule has 0 saturated heterocycles. The van der Waals surface area contributed by atoms with E-state index in [-0.39, 0.29) is 22.6 Å². The first-order chi connectivity index (χ1) is 23.4. The van der Waals surface area contributed by atoms with Gasteiger partial charge in [0.05, 0.1) is 46.3 Å². The van der Waals surface area contributed by atoms with Crippen molar-refractivity contribution >= 4 is 95.9 Å². The summed E-state index contributed by atoms with van der Waals surface area (Å²) in [5, 5.41) is 26.4. The number of nitriles is 2. The molecule has 0 aliphatic carbocycles. The van der Waals surface area contributed by atoms with Crippen molar-refractivity contribution in [1.82, 2.24) is 9.97 Å². The topological polar surface area (TPSA) is 275 Å². The number of hydrogen-bond acceptors (Lipinski definition) is 13. The number of ether oxygens (including phenoxy) is 1. The van der Waals surface area contributed by atoms with Crippen molar-refractivity contribution in [2.75, 3.05) is 23.8 Å². The maximum absolute atomic E-state index is 12.5. The molecule has 25 heteroatoms. The third kappa shape index (κ3) is 18.4. The molecule has 0 radical (unpaired) electrons. The number of aromatic amines is 1. The number of fused-ring (bicyclic) bond motifs is 1.